The molecule has 0 spiro atoms. The molecule has 18 heavy (non-hydrogen) atoms. The van der Waals surface area contributed by atoms with Gasteiger partial charge in [0.25, 0.3) is 5.91 Å². The molecule has 0 fully saturated rings. The van der Waals surface area contributed by atoms with Gasteiger partial charge < -0.3 is 14.9 Å². The zero-order chi connectivity index (χ0) is 13.5. The van der Waals surface area contributed by atoms with Gasteiger partial charge in [0.1, 0.15) is 5.75 Å². The Bertz CT molecular complexity index is 391. The van der Waals surface area contributed by atoms with E-state index in [-0.39, 0.29) is 11.7 Å². The van der Waals surface area contributed by atoms with Gasteiger partial charge in [0.15, 0.2) is 0 Å². The zero-order valence-electron chi connectivity index (χ0n) is 11.4. The largest absolute Gasteiger partial charge is 0.508 e. The van der Waals surface area contributed by atoms with Crippen LogP contribution < -0.4 is 0 Å². The maximum atomic E-state index is 12.3. The Balaban J connectivity index is 2.75. The number of amides is 1. The molecule has 0 saturated heterocycles. The van der Waals surface area contributed by atoms with Crippen molar-refractivity contribution in [1.29, 1.82) is 0 Å². The van der Waals surface area contributed by atoms with Crippen molar-refractivity contribution >= 4 is 5.91 Å². The van der Waals surface area contributed by atoms with Crippen molar-refractivity contribution in [1.82, 2.24) is 9.80 Å². The summed E-state index contributed by atoms with van der Waals surface area (Å²) in [6.45, 7) is 4.33. The number of hydrogen-bond donors (Lipinski definition) is 1. The molecular formula is C14H22N2O2. The molecule has 1 aromatic carbocycles. The summed E-state index contributed by atoms with van der Waals surface area (Å²) >= 11 is 0. The monoisotopic (exact) mass is 250 g/mol. The first-order valence-electron chi connectivity index (χ1n) is 6.27. The van der Waals surface area contributed by atoms with E-state index in [2.05, 4.69) is 11.8 Å². The van der Waals surface area contributed by atoms with Gasteiger partial charge in [-0.25, -0.2) is 0 Å². The fraction of sp³-hybridized carbons (Fsp3) is 0.500. The predicted octanol–water partition coefficient (Wildman–Crippen LogP) is 1.81. The summed E-state index contributed by atoms with van der Waals surface area (Å²) in [6.07, 6.45) is 0.929. The number of phenolic OH excluding ortho intramolecular Hbond substituents is 1. The van der Waals surface area contributed by atoms with E-state index in [1.54, 1.807) is 18.2 Å². The molecule has 1 rings (SSSR count). The molecule has 4 heteroatoms. The van der Waals surface area contributed by atoms with E-state index in [0.717, 1.165) is 19.5 Å². The maximum absolute atomic E-state index is 12.3. The molecule has 1 amide bonds. The van der Waals surface area contributed by atoms with E-state index in [0.29, 0.717) is 12.1 Å². The minimum Gasteiger partial charge on any atom is -0.508 e. The number of phenols is 1. The molecular weight excluding hydrogens is 228 g/mol. The van der Waals surface area contributed by atoms with Gasteiger partial charge in [0, 0.05) is 25.2 Å². The Morgan fingerprint density at radius 1 is 1.22 bits per heavy atom. The average molecular weight is 250 g/mol. The van der Waals surface area contributed by atoms with Crippen molar-refractivity contribution in [2.75, 3.05) is 33.7 Å². The highest BCUT2D eigenvalue weighted by atomic mass is 16.3. The molecule has 100 valence electrons. The molecule has 0 aromatic heterocycles. The Kier molecular flexibility index (Phi) is 5.65. The summed E-state index contributed by atoms with van der Waals surface area (Å²) in [5.41, 5.74) is 0.544. The van der Waals surface area contributed by atoms with Crippen molar-refractivity contribution in [2.45, 2.75) is 13.3 Å². The first-order chi connectivity index (χ1) is 8.54. The lowest BCUT2D eigenvalue weighted by atomic mass is 10.2. The summed E-state index contributed by atoms with van der Waals surface area (Å²) < 4.78 is 0. The molecule has 0 heterocycles. The van der Waals surface area contributed by atoms with Crippen molar-refractivity contribution in [3.8, 4) is 5.75 Å². The lowest BCUT2D eigenvalue weighted by molar-refractivity contribution is 0.0744. The lowest BCUT2D eigenvalue weighted by Gasteiger charge is -2.24. The first kappa shape index (κ1) is 14.5. The van der Waals surface area contributed by atoms with Gasteiger partial charge in [-0.15, -0.1) is 0 Å². The average Bonchev–Trinajstić information content (AvgIpc) is 2.33. The minimum absolute atomic E-state index is 0.0189. The van der Waals surface area contributed by atoms with E-state index in [4.69, 9.17) is 0 Å². The van der Waals surface area contributed by atoms with Crippen LogP contribution >= 0.6 is 0 Å². The van der Waals surface area contributed by atoms with E-state index in [1.165, 1.54) is 6.07 Å². The number of carbonyl (C=O) groups excluding carboxylic acids is 1. The first-order valence-corrected chi connectivity index (χ1v) is 6.27. The molecule has 0 radical (unpaired) electrons. The van der Waals surface area contributed by atoms with Crippen molar-refractivity contribution in [3.63, 3.8) is 0 Å². The zero-order valence-corrected chi connectivity index (χ0v) is 11.4. The second kappa shape index (κ2) is 7.01. The molecule has 0 saturated carbocycles. The fourth-order valence-corrected chi connectivity index (χ4v) is 1.73. The summed E-state index contributed by atoms with van der Waals surface area (Å²) in [6, 6.07) is 6.51. The summed E-state index contributed by atoms with van der Waals surface area (Å²) in [7, 11) is 3.98. The fourth-order valence-electron chi connectivity index (χ4n) is 1.73. The standard InChI is InChI=1S/C14H22N2O2/c1-4-8-16(10-9-15(2)3)14(18)12-6-5-7-13(17)11-12/h5-7,11,17H,4,8-10H2,1-3H3. The van der Waals surface area contributed by atoms with Crippen molar-refractivity contribution in [3.05, 3.63) is 29.8 Å². The van der Waals surface area contributed by atoms with Gasteiger partial charge >= 0.3 is 0 Å². The number of benzene rings is 1. The molecule has 0 aliphatic heterocycles. The van der Waals surface area contributed by atoms with Crippen molar-refractivity contribution < 1.29 is 9.90 Å². The molecule has 0 atom stereocenters. The third-order valence-corrected chi connectivity index (χ3v) is 2.69. The highest BCUT2D eigenvalue weighted by Gasteiger charge is 2.15. The number of aromatic hydroxyl groups is 1. The topological polar surface area (TPSA) is 43.8 Å². The molecule has 0 bridgehead atoms. The van der Waals surface area contributed by atoms with Gasteiger partial charge in [-0.2, -0.15) is 0 Å². The van der Waals surface area contributed by atoms with Crippen LogP contribution in [0.4, 0.5) is 0 Å². The molecule has 0 aliphatic rings. The predicted molar refractivity (Wildman–Crippen MR) is 72.9 cm³/mol. The number of likely N-dealkylation sites (N-methyl/N-ethyl adjacent to an activating group) is 1. The van der Waals surface area contributed by atoms with Crippen LogP contribution in [-0.4, -0.2) is 54.5 Å². The van der Waals surface area contributed by atoms with Crippen LogP contribution in [0, 0.1) is 0 Å². The van der Waals surface area contributed by atoms with Gasteiger partial charge in [-0.3, -0.25) is 4.79 Å². The third kappa shape index (κ3) is 4.37. The summed E-state index contributed by atoms with van der Waals surface area (Å²) in [5.74, 6) is 0.111. The lowest BCUT2D eigenvalue weighted by Crippen LogP contribution is -2.37. The summed E-state index contributed by atoms with van der Waals surface area (Å²) in [5, 5.41) is 9.41. The van der Waals surface area contributed by atoms with Gasteiger partial charge in [0.05, 0.1) is 0 Å². The smallest absolute Gasteiger partial charge is 0.254 e. The quantitative estimate of drug-likeness (QED) is 0.837. The number of rotatable bonds is 6. The van der Waals surface area contributed by atoms with Crippen LogP contribution in [0.3, 0.4) is 0 Å². The normalized spacial score (nSPS) is 10.7. The number of hydrogen-bond acceptors (Lipinski definition) is 3. The van der Waals surface area contributed by atoms with Crippen LogP contribution in [0.2, 0.25) is 0 Å². The Morgan fingerprint density at radius 3 is 2.50 bits per heavy atom. The second-order valence-corrected chi connectivity index (χ2v) is 4.65. The molecule has 1 N–H and O–H groups in total. The molecule has 1 aromatic rings. The number of carbonyl (C=O) groups is 1. The van der Waals surface area contributed by atoms with Crippen LogP contribution in [-0.2, 0) is 0 Å². The van der Waals surface area contributed by atoms with Crippen LogP contribution in [0.15, 0.2) is 24.3 Å². The van der Waals surface area contributed by atoms with Gasteiger partial charge in [-0.1, -0.05) is 13.0 Å². The van der Waals surface area contributed by atoms with E-state index in [9.17, 15) is 9.90 Å². The van der Waals surface area contributed by atoms with Gasteiger partial charge in [-0.05, 0) is 38.7 Å². The SMILES string of the molecule is CCCN(CCN(C)C)C(=O)c1cccc(O)c1. The Hall–Kier alpha value is -1.55. The maximum Gasteiger partial charge on any atom is 0.254 e. The Morgan fingerprint density at radius 2 is 1.94 bits per heavy atom. The van der Waals surface area contributed by atoms with Crippen molar-refractivity contribution in [2.24, 2.45) is 0 Å². The van der Waals surface area contributed by atoms with E-state index >= 15 is 0 Å². The highest BCUT2D eigenvalue weighted by molar-refractivity contribution is 5.94. The van der Waals surface area contributed by atoms with Crippen LogP contribution in [0.5, 0.6) is 5.75 Å². The molecule has 4 nitrogen and oxygen atoms in total. The Labute approximate surface area is 109 Å². The van der Waals surface area contributed by atoms with E-state index < -0.39 is 0 Å². The van der Waals surface area contributed by atoms with Crippen LogP contribution in [0.25, 0.3) is 0 Å². The van der Waals surface area contributed by atoms with E-state index in [1.807, 2.05) is 19.0 Å². The number of nitrogens with zero attached hydrogens (tertiary/aromatic N) is 2. The molecule has 0 unspecified atom stereocenters. The second-order valence-electron chi connectivity index (χ2n) is 4.65. The third-order valence-electron chi connectivity index (χ3n) is 2.69. The highest BCUT2D eigenvalue weighted by Crippen LogP contribution is 2.13. The molecule has 0 aliphatic carbocycles. The van der Waals surface area contributed by atoms with Gasteiger partial charge in [0.2, 0.25) is 0 Å². The van der Waals surface area contributed by atoms with Crippen LogP contribution in [0.1, 0.15) is 23.7 Å². The minimum atomic E-state index is -0.0189. The summed E-state index contributed by atoms with van der Waals surface area (Å²) in [4.78, 5) is 16.2.